The van der Waals surface area contributed by atoms with Crippen molar-refractivity contribution < 1.29 is 19.4 Å². The zero-order chi connectivity index (χ0) is 14.3. The summed E-state index contributed by atoms with van der Waals surface area (Å²) in [6.45, 7) is 3.55. The molecular weight excluding hydrogens is 314 g/mol. The van der Waals surface area contributed by atoms with Crippen molar-refractivity contribution in [2.24, 2.45) is 0 Å². The van der Waals surface area contributed by atoms with Crippen LogP contribution >= 0.6 is 15.9 Å². The second-order valence-corrected chi connectivity index (χ2v) is 4.88. The zero-order valence-corrected chi connectivity index (χ0v) is 12.6. The number of ether oxygens (including phenoxy) is 2. The first-order valence-electron chi connectivity index (χ1n) is 5.92. The number of hydrogen-bond donors (Lipinski definition) is 2. The van der Waals surface area contributed by atoms with Crippen LogP contribution in [0.4, 0.5) is 0 Å². The minimum absolute atomic E-state index is 0.543. The highest BCUT2D eigenvalue weighted by Crippen LogP contribution is 2.23. The largest absolute Gasteiger partial charge is 0.479 e. The quantitative estimate of drug-likeness (QED) is 0.713. The van der Waals surface area contributed by atoms with E-state index in [0.717, 1.165) is 16.6 Å². The Morgan fingerprint density at radius 1 is 1.53 bits per heavy atom. The Morgan fingerprint density at radius 3 is 2.89 bits per heavy atom. The molecule has 106 valence electrons. The molecule has 0 saturated heterocycles. The van der Waals surface area contributed by atoms with Crippen LogP contribution < -0.4 is 10.1 Å². The fourth-order valence-corrected chi connectivity index (χ4v) is 1.80. The molecule has 0 aliphatic heterocycles. The third-order valence-electron chi connectivity index (χ3n) is 2.48. The summed E-state index contributed by atoms with van der Waals surface area (Å²) < 4.78 is 11.2. The van der Waals surface area contributed by atoms with E-state index in [2.05, 4.69) is 21.2 Å². The lowest BCUT2D eigenvalue weighted by atomic mass is 10.2. The van der Waals surface area contributed by atoms with Gasteiger partial charge in [-0.15, -0.1) is 0 Å². The van der Waals surface area contributed by atoms with Gasteiger partial charge in [0.15, 0.2) is 6.10 Å². The minimum atomic E-state index is -0.984. The van der Waals surface area contributed by atoms with E-state index >= 15 is 0 Å². The molecule has 0 fully saturated rings. The molecule has 0 heterocycles. The monoisotopic (exact) mass is 331 g/mol. The molecule has 1 unspecified atom stereocenters. The van der Waals surface area contributed by atoms with Crippen LogP contribution in [0.5, 0.6) is 5.75 Å². The van der Waals surface area contributed by atoms with Crippen molar-refractivity contribution in [3.05, 3.63) is 28.2 Å². The maximum atomic E-state index is 10.7. The summed E-state index contributed by atoms with van der Waals surface area (Å²) in [4.78, 5) is 10.7. The third kappa shape index (κ3) is 5.59. The van der Waals surface area contributed by atoms with Gasteiger partial charge in [0.25, 0.3) is 0 Å². The van der Waals surface area contributed by atoms with Gasteiger partial charge in [0.1, 0.15) is 5.75 Å². The average molecular weight is 332 g/mol. The fraction of sp³-hybridized carbons (Fsp3) is 0.462. The predicted octanol–water partition coefficient (Wildman–Crippen LogP) is 2.04. The SMILES string of the molecule is COCCNCc1cc(OC(C)C(=O)O)ccc1Br. The van der Waals surface area contributed by atoms with Gasteiger partial charge in [-0.1, -0.05) is 15.9 Å². The van der Waals surface area contributed by atoms with Crippen molar-refractivity contribution in [1.82, 2.24) is 5.32 Å². The molecule has 19 heavy (non-hydrogen) atoms. The number of carboxylic acid groups (broad SMARTS) is 1. The molecule has 0 bridgehead atoms. The first-order valence-corrected chi connectivity index (χ1v) is 6.71. The standard InChI is InChI=1S/C13H18BrNO4/c1-9(13(16)17)19-11-3-4-12(14)10(7-11)8-15-5-6-18-2/h3-4,7,9,15H,5-6,8H2,1-2H3,(H,16,17). The molecule has 0 spiro atoms. The molecule has 1 atom stereocenters. The number of benzene rings is 1. The van der Waals surface area contributed by atoms with E-state index in [9.17, 15) is 4.79 Å². The van der Waals surface area contributed by atoms with Crippen LogP contribution in [-0.4, -0.2) is 37.4 Å². The summed E-state index contributed by atoms with van der Waals surface area (Å²) >= 11 is 3.45. The molecule has 0 radical (unpaired) electrons. The molecule has 0 saturated carbocycles. The third-order valence-corrected chi connectivity index (χ3v) is 3.25. The summed E-state index contributed by atoms with van der Waals surface area (Å²) in [5.41, 5.74) is 1.01. The van der Waals surface area contributed by atoms with Crippen molar-refractivity contribution in [2.75, 3.05) is 20.3 Å². The lowest BCUT2D eigenvalue weighted by Crippen LogP contribution is -2.23. The summed E-state index contributed by atoms with van der Waals surface area (Å²) in [7, 11) is 1.65. The first kappa shape index (κ1) is 15.9. The Bertz CT molecular complexity index is 425. The molecule has 1 aromatic carbocycles. The van der Waals surface area contributed by atoms with Crippen molar-refractivity contribution in [2.45, 2.75) is 19.6 Å². The fourth-order valence-electron chi connectivity index (χ4n) is 1.41. The minimum Gasteiger partial charge on any atom is -0.479 e. The van der Waals surface area contributed by atoms with Crippen LogP contribution in [-0.2, 0) is 16.1 Å². The Morgan fingerprint density at radius 2 is 2.26 bits per heavy atom. The van der Waals surface area contributed by atoms with Crippen molar-refractivity contribution in [1.29, 1.82) is 0 Å². The van der Waals surface area contributed by atoms with Gasteiger partial charge in [0.2, 0.25) is 0 Å². The topological polar surface area (TPSA) is 67.8 Å². The number of methoxy groups -OCH3 is 1. The van der Waals surface area contributed by atoms with E-state index in [1.807, 2.05) is 12.1 Å². The molecule has 6 heteroatoms. The van der Waals surface area contributed by atoms with E-state index in [4.69, 9.17) is 14.6 Å². The lowest BCUT2D eigenvalue weighted by molar-refractivity contribution is -0.144. The van der Waals surface area contributed by atoms with Gasteiger partial charge in [-0.2, -0.15) is 0 Å². The molecule has 1 rings (SSSR count). The van der Waals surface area contributed by atoms with E-state index in [-0.39, 0.29) is 0 Å². The van der Waals surface area contributed by atoms with Gasteiger partial charge in [-0.05, 0) is 30.7 Å². The van der Waals surface area contributed by atoms with E-state index in [1.165, 1.54) is 6.92 Å². The zero-order valence-electron chi connectivity index (χ0n) is 11.0. The molecule has 1 aromatic rings. The van der Waals surface area contributed by atoms with Crippen LogP contribution in [0.1, 0.15) is 12.5 Å². The second-order valence-electron chi connectivity index (χ2n) is 4.02. The highest BCUT2D eigenvalue weighted by molar-refractivity contribution is 9.10. The number of carboxylic acids is 1. The van der Waals surface area contributed by atoms with Gasteiger partial charge in [0.05, 0.1) is 6.61 Å². The van der Waals surface area contributed by atoms with Gasteiger partial charge in [0, 0.05) is 24.7 Å². The van der Waals surface area contributed by atoms with Crippen molar-refractivity contribution in [3.8, 4) is 5.75 Å². The average Bonchev–Trinajstić information content (AvgIpc) is 2.38. The second kappa shape index (κ2) is 8.14. The van der Waals surface area contributed by atoms with Crippen LogP contribution in [0.3, 0.4) is 0 Å². The summed E-state index contributed by atoms with van der Waals surface area (Å²) in [6.07, 6.45) is -0.865. The van der Waals surface area contributed by atoms with Crippen LogP contribution in [0, 0.1) is 0 Å². The highest BCUT2D eigenvalue weighted by Gasteiger charge is 2.13. The molecule has 0 aliphatic rings. The van der Waals surface area contributed by atoms with E-state index < -0.39 is 12.1 Å². The summed E-state index contributed by atoms with van der Waals surface area (Å²) in [6, 6.07) is 5.41. The predicted molar refractivity (Wildman–Crippen MR) is 75.5 cm³/mol. The summed E-state index contributed by atoms with van der Waals surface area (Å²) in [5.74, 6) is -0.440. The molecular formula is C13H18BrNO4. The van der Waals surface area contributed by atoms with Crippen LogP contribution in [0.25, 0.3) is 0 Å². The number of aliphatic carboxylic acids is 1. The molecule has 5 nitrogen and oxygen atoms in total. The molecule has 0 aromatic heterocycles. The van der Waals surface area contributed by atoms with Crippen molar-refractivity contribution >= 4 is 21.9 Å². The lowest BCUT2D eigenvalue weighted by Gasteiger charge is -2.13. The Hall–Kier alpha value is -1.11. The molecule has 2 N–H and O–H groups in total. The van der Waals surface area contributed by atoms with E-state index in [1.54, 1.807) is 13.2 Å². The number of halogens is 1. The smallest absolute Gasteiger partial charge is 0.344 e. The molecule has 0 amide bonds. The number of rotatable bonds is 8. The van der Waals surface area contributed by atoms with Gasteiger partial charge < -0.3 is 19.9 Å². The van der Waals surface area contributed by atoms with Gasteiger partial charge >= 0.3 is 5.97 Å². The van der Waals surface area contributed by atoms with Crippen molar-refractivity contribution in [3.63, 3.8) is 0 Å². The first-order chi connectivity index (χ1) is 9.04. The summed E-state index contributed by atoms with van der Waals surface area (Å²) in [5, 5.41) is 12.0. The van der Waals surface area contributed by atoms with Gasteiger partial charge in [-0.3, -0.25) is 0 Å². The molecule has 0 aliphatic carbocycles. The Kier molecular flexibility index (Phi) is 6.83. The normalized spacial score (nSPS) is 12.2. The Balaban J connectivity index is 2.63. The van der Waals surface area contributed by atoms with Crippen LogP contribution in [0.15, 0.2) is 22.7 Å². The number of nitrogens with one attached hydrogen (secondary N) is 1. The maximum Gasteiger partial charge on any atom is 0.344 e. The van der Waals surface area contributed by atoms with Crippen LogP contribution in [0.2, 0.25) is 0 Å². The maximum absolute atomic E-state index is 10.7. The van der Waals surface area contributed by atoms with Gasteiger partial charge in [-0.25, -0.2) is 4.79 Å². The highest BCUT2D eigenvalue weighted by atomic mass is 79.9. The number of carbonyl (C=O) groups is 1. The number of hydrogen-bond acceptors (Lipinski definition) is 4. The Labute approximate surface area is 121 Å². The van der Waals surface area contributed by atoms with E-state index in [0.29, 0.717) is 18.9 Å².